The van der Waals surface area contributed by atoms with Gasteiger partial charge in [-0.05, 0) is 31.2 Å². The fourth-order valence-electron chi connectivity index (χ4n) is 1.51. The maximum Gasteiger partial charge on any atom is 0.243 e. The zero-order chi connectivity index (χ0) is 12.0. The van der Waals surface area contributed by atoms with Gasteiger partial charge in [-0.1, -0.05) is 15.9 Å². The number of aliphatic hydroxyl groups excluding tert-OH is 1. The van der Waals surface area contributed by atoms with Crippen LogP contribution in [-0.4, -0.2) is 36.5 Å². The van der Waals surface area contributed by atoms with Crippen LogP contribution in [0.25, 0.3) is 0 Å². The van der Waals surface area contributed by atoms with E-state index in [1.54, 1.807) is 31.2 Å². The van der Waals surface area contributed by atoms with Gasteiger partial charge in [0.25, 0.3) is 0 Å². The van der Waals surface area contributed by atoms with Crippen molar-refractivity contribution in [2.45, 2.75) is 17.4 Å². The molecule has 2 atom stereocenters. The fraction of sp³-hybridized carbons (Fsp3) is 0.400. The molecule has 2 rings (SSSR count). The zero-order valence-corrected chi connectivity index (χ0v) is 11.1. The van der Waals surface area contributed by atoms with Gasteiger partial charge in [-0.3, -0.25) is 0 Å². The molecule has 0 bridgehead atoms. The highest BCUT2D eigenvalue weighted by Gasteiger charge is 2.55. The molecule has 6 heteroatoms. The highest BCUT2D eigenvalue weighted by molar-refractivity contribution is 9.10. The zero-order valence-electron chi connectivity index (χ0n) is 8.72. The Morgan fingerprint density at radius 2 is 2.00 bits per heavy atom. The number of hydrogen-bond acceptors (Lipinski definition) is 3. The highest BCUT2D eigenvalue weighted by atomic mass is 79.9. The Morgan fingerprint density at radius 3 is 2.44 bits per heavy atom. The van der Waals surface area contributed by atoms with Gasteiger partial charge in [-0.15, -0.1) is 0 Å². The smallest absolute Gasteiger partial charge is 0.243 e. The maximum absolute atomic E-state index is 12.1. The van der Waals surface area contributed by atoms with Gasteiger partial charge in [0.05, 0.1) is 17.0 Å². The lowest BCUT2D eigenvalue weighted by Gasteiger charge is -2.10. The van der Waals surface area contributed by atoms with Crippen LogP contribution in [0.15, 0.2) is 33.6 Å². The van der Waals surface area contributed by atoms with Crippen molar-refractivity contribution in [3.05, 3.63) is 28.7 Å². The molecule has 1 aromatic carbocycles. The molecule has 0 amide bonds. The summed E-state index contributed by atoms with van der Waals surface area (Å²) in [6.45, 7) is 1.95. The van der Waals surface area contributed by atoms with E-state index in [4.69, 9.17) is 5.11 Å². The van der Waals surface area contributed by atoms with E-state index in [9.17, 15) is 8.42 Å². The predicted molar refractivity (Wildman–Crippen MR) is 63.5 cm³/mol. The molecule has 1 aliphatic heterocycles. The first-order chi connectivity index (χ1) is 7.40. The predicted octanol–water partition coefficient (Wildman–Crippen LogP) is 1.20. The van der Waals surface area contributed by atoms with Crippen LogP contribution in [0.2, 0.25) is 0 Å². The van der Waals surface area contributed by atoms with Gasteiger partial charge in [0, 0.05) is 11.0 Å². The number of nitrogens with zero attached hydrogens (tertiary/aromatic N) is 1. The molecular formula is C10H12BrNO3S. The Labute approximate surface area is 103 Å². The van der Waals surface area contributed by atoms with Crippen molar-refractivity contribution in [2.75, 3.05) is 13.2 Å². The van der Waals surface area contributed by atoms with Crippen molar-refractivity contribution in [1.82, 2.24) is 4.31 Å². The maximum atomic E-state index is 12.1. The van der Waals surface area contributed by atoms with Gasteiger partial charge in [0.2, 0.25) is 10.0 Å². The second-order valence-electron chi connectivity index (χ2n) is 4.12. The van der Waals surface area contributed by atoms with Gasteiger partial charge in [-0.2, -0.15) is 4.31 Å². The first kappa shape index (κ1) is 12.0. The van der Waals surface area contributed by atoms with E-state index in [1.807, 2.05) is 0 Å². The summed E-state index contributed by atoms with van der Waals surface area (Å²) in [7, 11) is -3.45. The van der Waals surface area contributed by atoms with Gasteiger partial charge >= 0.3 is 0 Å². The summed E-state index contributed by atoms with van der Waals surface area (Å²) < 4.78 is 26.3. The average molecular weight is 306 g/mol. The second kappa shape index (κ2) is 3.80. The summed E-state index contributed by atoms with van der Waals surface area (Å²) in [6, 6.07) is 6.48. The van der Waals surface area contributed by atoms with E-state index in [0.29, 0.717) is 6.54 Å². The van der Waals surface area contributed by atoms with E-state index < -0.39 is 15.6 Å². The lowest BCUT2D eigenvalue weighted by Crippen LogP contribution is -2.24. The normalized spacial score (nSPS) is 29.1. The van der Waals surface area contributed by atoms with Crippen LogP contribution in [0.4, 0.5) is 0 Å². The summed E-state index contributed by atoms with van der Waals surface area (Å²) >= 11 is 3.25. The molecule has 0 spiro atoms. The van der Waals surface area contributed by atoms with E-state index >= 15 is 0 Å². The first-order valence-corrected chi connectivity index (χ1v) is 7.03. The van der Waals surface area contributed by atoms with Crippen LogP contribution in [0, 0.1) is 0 Å². The van der Waals surface area contributed by atoms with Gasteiger partial charge in [0.15, 0.2) is 0 Å². The van der Waals surface area contributed by atoms with Crippen molar-refractivity contribution >= 4 is 26.0 Å². The molecule has 0 radical (unpaired) electrons. The molecule has 0 aromatic heterocycles. The Kier molecular flexibility index (Phi) is 2.86. The Hall–Kier alpha value is -0.430. The van der Waals surface area contributed by atoms with Crippen molar-refractivity contribution < 1.29 is 13.5 Å². The van der Waals surface area contributed by atoms with Crippen LogP contribution in [0.1, 0.15) is 6.92 Å². The summed E-state index contributed by atoms with van der Waals surface area (Å²) in [4.78, 5) is 0.257. The number of rotatable bonds is 3. The van der Waals surface area contributed by atoms with Crippen LogP contribution in [0.5, 0.6) is 0 Å². The fourth-order valence-corrected chi connectivity index (χ4v) is 3.60. The van der Waals surface area contributed by atoms with E-state index in [-0.39, 0.29) is 11.5 Å². The van der Waals surface area contributed by atoms with Crippen molar-refractivity contribution in [3.8, 4) is 0 Å². The third-order valence-corrected chi connectivity index (χ3v) is 5.27. The first-order valence-electron chi connectivity index (χ1n) is 4.79. The standard InChI is InChI=1S/C10H12BrNO3S/c1-10(7-13)6-12(10)16(14,15)9-4-2-8(11)3-5-9/h2-5,13H,6-7H2,1H3. The van der Waals surface area contributed by atoms with Crippen molar-refractivity contribution in [1.29, 1.82) is 0 Å². The molecule has 1 N–H and O–H groups in total. The minimum absolute atomic E-state index is 0.150. The largest absolute Gasteiger partial charge is 0.394 e. The van der Waals surface area contributed by atoms with E-state index in [2.05, 4.69) is 15.9 Å². The summed E-state index contributed by atoms with van der Waals surface area (Å²) in [6.07, 6.45) is 0. The topological polar surface area (TPSA) is 57.4 Å². The highest BCUT2D eigenvalue weighted by Crippen LogP contribution is 2.37. The van der Waals surface area contributed by atoms with Crippen LogP contribution < -0.4 is 0 Å². The van der Waals surface area contributed by atoms with Gasteiger partial charge in [0.1, 0.15) is 0 Å². The summed E-state index contributed by atoms with van der Waals surface area (Å²) in [5.41, 5.74) is -0.619. The second-order valence-corrected chi connectivity index (χ2v) is 6.90. The van der Waals surface area contributed by atoms with Crippen molar-refractivity contribution in [3.63, 3.8) is 0 Å². The number of sulfonamides is 1. The molecule has 1 fully saturated rings. The average Bonchev–Trinajstić information content (AvgIpc) is 2.93. The van der Waals surface area contributed by atoms with E-state index in [0.717, 1.165) is 4.47 Å². The molecule has 1 heterocycles. The lowest BCUT2D eigenvalue weighted by atomic mass is 10.2. The molecular weight excluding hydrogens is 294 g/mol. The van der Waals surface area contributed by atoms with E-state index in [1.165, 1.54) is 4.31 Å². The van der Waals surface area contributed by atoms with Gasteiger partial charge < -0.3 is 5.11 Å². The third-order valence-electron chi connectivity index (χ3n) is 2.73. The quantitative estimate of drug-likeness (QED) is 0.854. The summed E-state index contributed by atoms with van der Waals surface area (Å²) in [5.74, 6) is 0. The monoisotopic (exact) mass is 305 g/mol. The Morgan fingerprint density at radius 1 is 1.44 bits per heavy atom. The Bertz CT molecular complexity index is 499. The molecule has 1 aliphatic rings. The Balaban J connectivity index is 2.31. The molecule has 16 heavy (non-hydrogen) atoms. The lowest BCUT2D eigenvalue weighted by molar-refractivity contribution is 0.245. The van der Waals surface area contributed by atoms with Crippen LogP contribution in [0.3, 0.4) is 0 Å². The number of hydrogen-bond donors (Lipinski definition) is 1. The molecule has 2 unspecified atom stereocenters. The van der Waals surface area contributed by atoms with Crippen LogP contribution in [-0.2, 0) is 10.0 Å². The SMILES string of the molecule is CC1(CO)CN1S(=O)(=O)c1ccc(Br)cc1. The number of aliphatic hydroxyl groups is 1. The molecule has 1 saturated heterocycles. The molecule has 88 valence electrons. The minimum atomic E-state index is -3.45. The summed E-state index contributed by atoms with van der Waals surface area (Å²) in [5, 5.41) is 9.08. The number of halogens is 1. The third kappa shape index (κ3) is 1.90. The molecule has 0 saturated carbocycles. The number of benzene rings is 1. The van der Waals surface area contributed by atoms with Gasteiger partial charge in [-0.25, -0.2) is 8.42 Å². The minimum Gasteiger partial charge on any atom is -0.394 e. The molecule has 4 nitrogen and oxygen atoms in total. The molecule has 0 aliphatic carbocycles. The molecule has 1 aromatic rings. The van der Waals surface area contributed by atoms with Crippen molar-refractivity contribution in [2.24, 2.45) is 0 Å². The van der Waals surface area contributed by atoms with Crippen LogP contribution >= 0.6 is 15.9 Å².